The van der Waals surface area contributed by atoms with Crippen LogP contribution >= 0.6 is 0 Å². The van der Waals surface area contributed by atoms with E-state index in [1.165, 1.54) is 12.8 Å². The highest BCUT2D eigenvalue weighted by atomic mass is 16.5. The summed E-state index contributed by atoms with van der Waals surface area (Å²) in [6, 6.07) is 17.4. The maximum atomic E-state index is 12.9. The predicted molar refractivity (Wildman–Crippen MR) is 114 cm³/mol. The summed E-state index contributed by atoms with van der Waals surface area (Å²) in [5, 5.41) is 3.15. The summed E-state index contributed by atoms with van der Waals surface area (Å²) < 4.78 is 5.85. The Kier molecular flexibility index (Phi) is 6.74. The zero-order valence-electron chi connectivity index (χ0n) is 17.3. The molecule has 0 spiro atoms. The SMILES string of the molecule is CC1CCCN(C(C)(C)CNC(=O)c2ccccc2COc2ccccc2)C1. The van der Waals surface area contributed by atoms with Crippen molar-refractivity contribution in [3.05, 3.63) is 65.7 Å². The fourth-order valence-electron chi connectivity index (χ4n) is 3.79. The summed E-state index contributed by atoms with van der Waals surface area (Å²) in [5.41, 5.74) is 1.52. The van der Waals surface area contributed by atoms with E-state index in [9.17, 15) is 4.79 Å². The van der Waals surface area contributed by atoms with Gasteiger partial charge < -0.3 is 10.1 Å². The van der Waals surface area contributed by atoms with Crippen LogP contribution in [0.5, 0.6) is 5.75 Å². The van der Waals surface area contributed by atoms with Crippen molar-refractivity contribution < 1.29 is 9.53 Å². The number of carbonyl (C=O) groups excluding carboxylic acids is 1. The summed E-state index contributed by atoms with van der Waals surface area (Å²) in [6.45, 7) is 9.96. The molecular formula is C24H32N2O2. The maximum absolute atomic E-state index is 12.9. The summed E-state index contributed by atoms with van der Waals surface area (Å²) in [7, 11) is 0. The number of benzene rings is 2. The molecule has 150 valence electrons. The number of piperidine rings is 1. The van der Waals surface area contributed by atoms with Gasteiger partial charge in [0.25, 0.3) is 5.91 Å². The topological polar surface area (TPSA) is 41.6 Å². The number of hydrogen-bond acceptors (Lipinski definition) is 3. The second-order valence-corrected chi connectivity index (χ2v) is 8.45. The van der Waals surface area contributed by atoms with Crippen molar-refractivity contribution in [2.24, 2.45) is 5.92 Å². The normalized spacial score (nSPS) is 17.9. The van der Waals surface area contributed by atoms with Crippen LogP contribution in [0.1, 0.15) is 49.5 Å². The number of hydrogen-bond donors (Lipinski definition) is 1. The first-order valence-corrected chi connectivity index (χ1v) is 10.2. The molecule has 0 bridgehead atoms. The van der Waals surface area contributed by atoms with E-state index in [1.54, 1.807) is 0 Å². The Balaban J connectivity index is 1.61. The van der Waals surface area contributed by atoms with Crippen LogP contribution in [0.4, 0.5) is 0 Å². The first kappa shape index (κ1) is 20.4. The molecule has 1 aliphatic heterocycles. The van der Waals surface area contributed by atoms with Crippen molar-refractivity contribution in [1.82, 2.24) is 10.2 Å². The zero-order valence-corrected chi connectivity index (χ0v) is 17.3. The minimum absolute atomic E-state index is 0.0367. The third-order valence-electron chi connectivity index (χ3n) is 5.59. The lowest BCUT2D eigenvalue weighted by atomic mass is 9.93. The standard InChI is InChI=1S/C24H32N2O2/c1-19-10-9-15-26(16-19)24(2,3)18-25-23(27)22-14-8-7-11-20(22)17-28-21-12-5-4-6-13-21/h4-8,11-14,19H,9-10,15-18H2,1-3H3,(H,25,27). The van der Waals surface area contributed by atoms with Gasteiger partial charge >= 0.3 is 0 Å². The van der Waals surface area contributed by atoms with Gasteiger partial charge in [-0.25, -0.2) is 0 Å². The molecule has 28 heavy (non-hydrogen) atoms. The Hall–Kier alpha value is -2.33. The Morgan fingerprint density at radius 1 is 1.14 bits per heavy atom. The van der Waals surface area contributed by atoms with Gasteiger partial charge in [0.1, 0.15) is 12.4 Å². The molecule has 1 heterocycles. The van der Waals surface area contributed by atoms with Gasteiger partial charge in [0.2, 0.25) is 0 Å². The quantitative estimate of drug-likeness (QED) is 0.769. The van der Waals surface area contributed by atoms with Crippen LogP contribution < -0.4 is 10.1 Å². The van der Waals surface area contributed by atoms with E-state index in [1.807, 2.05) is 54.6 Å². The number of carbonyl (C=O) groups is 1. The molecule has 1 amide bonds. The van der Waals surface area contributed by atoms with E-state index in [4.69, 9.17) is 4.74 Å². The van der Waals surface area contributed by atoms with Crippen LogP contribution in [0.25, 0.3) is 0 Å². The predicted octanol–water partition coefficient (Wildman–Crippen LogP) is 4.51. The molecule has 3 rings (SSSR count). The fourth-order valence-corrected chi connectivity index (χ4v) is 3.79. The molecule has 1 atom stereocenters. The molecule has 1 fully saturated rings. The maximum Gasteiger partial charge on any atom is 0.251 e. The monoisotopic (exact) mass is 380 g/mol. The van der Waals surface area contributed by atoms with Crippen LogP contribution in [-0.2, 0) is 6.61 Å². The molecule has 2 aromatic rings. The number of amides is 1. The average molecular weight is 381 g/mol. The minimum Gasteiger partial charge on any atom is -0.489 e. The Morgan fingerprint density at radius 2 is 1.86 bits per heavy atom. The minimum atomic E-state index is -0.0557. The fraction of sp³-hybridized carbons (Fsp3) is 0.458. The molecule has 0 aromatic heterocycles. The second-order valence-electron chi connectivity index (χ2n) is 8.45. The molecule has 4 heteroatoms. The van der Waals surface area contributed by atoms with Gasteiger partial charge in [-0.15, -0.1) is 0 Å². The Bertz CT molecular complexity index is 773. The second kappa shape index (κ2) is 9.24. The van der Waals surface area contributed by atoms with E-state index < -0.39 is 0 Å². The van der Waals surface area contributed by atoms with E-state index in [0.29, 0.717) is 18.7 Å². The number of para-hydroxylation sites is 1. The lowest BCUT2D eigenvalue weighted by molar-refractivity contribution is 0.0656. The molecule has 0 radical (unpaired) electrons. The van der Waals surface area contributed by atoms with Crippen LogP contribution in [-0.4, -0.2) is 36.0 Å². The number of likely N-dealkylation sites (tertiary alicyclic amines) is 1. The number of rotatable bonds is 7. The number of ether oxygens (including phenoxy) is 1. The molecule has 1 aliphatic rings. The van der Waals surface area contributed by atoms with Crippen molar-refractivity contribution in [2.75, 3.05) is 19.6 Å². The highest BCUT2D eigenvalue weighted by Crippen LogP contribution is 2.23. The lowest BCUT2D eigenvalue weighted by Gasteiger charge is -2.43. The van der Waals surface area contributed by atoms with Crippen LogP contribution in [0.15, 0.2) is 54.6 Å². The summed E-state index contributed by atoms with van der Waals surface area (Å²) in [6.07, 6.45) is 2.53. The summed E-state index contributed by atoms with van der Waals surface area (Å²) in [5.74, 6) is 1.49. The first-order chi connectivity index (χ1) is 13.5. The summed E-state index contributed by atoms with van der Waals surface area (Å²) in [4.78, 5) is 15.4. The van der Waals surface area contributed by atoms with Crippen molar-refractivity contribution in [1.29, 1.82) is 0 Å². The van der Waals surface area contributed by atoms with Gasteiger partial charge in [0.05, 0.1) is 0 Å². The molecular weight excluding hydrogens is 348 g/mol. The first-order valence-electron chi connectivity index (χ1n) is 10.2. The van der Waals surface area contributed by atoms with Gasteiger partial charge in [0, 0.05) is 29.8 Å². The van der Waals surface area contributed by atoms with Crippen molar-refractivity contribution in [3.8, 4) is 5.75 Å². The molecule has 1 N–H and O–H groups in total. The van der Waals surface area contributed by atoms with Crippen LogP contribution in [0.2, 0.25) is 0 Å². The lowest BCUT2D eigenvalue weighted by Crippen LogP contribution is -2.54. The molecule has 1 unspecified atom stereocenters. The molecule has 1 saturated heterocycles. The third kappa shape index (κ3) is 5.35. The van der Waals surface area contributed by atoms with Gasteiger partial charge in [-0.3, -0.25) is 9.69 Å². The number of nitrogens with one attached hydrogen (secondary N) is 1. The molecule has 2 aromatic carbocycles. The van der Waals surface area contributed by atoms with Crippen molar-refractivity contribution in [2.45, 2.75) is 45.8 Å². The van der Waals surface area contributed by atoms with Gasteiger partial charge in [-0.05, 0) is 57.4 Å². The Morgan fingerprint density at radius 3 is 2.61 bits per heavy atom. The molecule has 0 aliphatic carbocycles. The molecule has 4 nitrogen and oxygen atoms in total. The van der Waals surface area contributed by atoms with E-state index >= 15 is 0 Å². The Labute approximate surface area is 168 Å². The van der Waals surface area contributed by atoms with Crippen LogP contribution in [0, 0.1) is 5.92 Å². The van der Waals surface area contributed by atoms with E-state index in [0.717, 1.165) is 30.3 Å². The van der Waals surface area contributed by atoms with Gasteiger partial charge in [-0.1, -0.05) is 43.3 Å². The van der Waals surface area contributed by atoms with Crippen molar-refractivity contribution in [3.63, 3.8) is 0 Å². The number of nitrogens with zero attached hydrogens (tertiary/aromatic N) is 1. The average Bonchev–Trinajstić information content (AvgIpc) is 2.71. The van der Waals surface area contributed by atoms with Crippen LogP contribution in [0.3, 0.4) is 0 Å². The summed E-state index contributed by atoms with van der Waals surface area (Å²) >= 11 is 0. The highest BCUT2D eigenvalue weighted by molar-refractivity contribution is 5.95. The third-order valence-corrected chi connectivity index (χ3v) is 5.59. The highest BCUT2D eigenvalue weighted by Gasteiger charge is 2.30. The van der Waals surface area contributed by atoms with Gasteiger partial charge in [0.15, 0.2) is 0 Å². The molecule has 0 saturated carbocycles. The zero-order chi connectivity index (χ0) is 20.0. The smallest absolute Gasteiger partial charge is 0.251 e. The largest absolute Gasteiger partial charge is 0.489 e. The van der Waals surface area contributed by atoms with Crippen molar-refractivity contribution >= 4 is 5.91 Å². The van der Waals surface area contributed by atoms with E-state index in [-0.39, 0.29) is 11.4 Å². The van der Waals surface area contributed by atoms with Gasteiger partial charge in [-0.2, -0.15) is 0 Å². The van der Waals surface area contributed by atoms with E-state index in [2.05, 4.69) is 31.0 Å².